The van der Waals surface area contributed by atoms with E-state index in [1.807, 2.05) is 0 Å². The fourth-order valence-corrected chi connectivity index (χ4v) is 2.97. The molecule has 0 heterocycles. The van der Waals surface area contributed by atoms with Crippen LogP contribution in [0.1, 0.15) is 36.9 Å². The van der Waals surface area contributed by atoms with Crippen LogP contribution in [0.25, 0.3) is 10.8 Å². The second-order valence-electron chi connectivity index (χ2n) is 5.39. The molecule has 1 heteroatoms. The topological polar surface area (TPSA) is 12.0 Å². The van der Waals surface area contributed by atoms with Gasteiger partial charge in [0.25, 0.3) is 0 Å². The molecule has 1 aliphatic carbocycles. The summed E-state index contributed by atoms with van der Waals surface area (Å²) < 4.78 is 0. The van der Waals surface area contributed by atoms with Gasteiger partial charge in [0.15, 0.2) is 0 Å². The molecule has 2 aromatic carbocycles. The first-order valence-electron chi connectivity index (χ1n) is 7.03. The van der Waals surface area contributed by atoms with Crippen molar-refractivity contribution in [1.82, 2.24) is 5.32 Å². The van der Waals surface area contributed by atoms with E-state index in [1.54, 1.807) is 0 Å². The van der Waals surface area contributed by atoms with Crippen molar-refractivity contribution in [2.75, 3.05) is 6.54 Å². The Hall–Kier alpha value is -1.34. The van der Waals surface area contributed by atoms with Crippen molar-refractivity contribution in [3.05, 3.63) is 47.5 Å². The minimum absolute atomic E-state index is 0.543. The molecule has 0 bridgehead atoms. The normalized spacial score (nSPS) is 17.0. The molecule has 2 aromatic rings. The Morgan fingerprint density at radius 2 is 1.94 bits per heavy atom. The van der Waals surface area contributed by atoms with Crippen LogP contribution in [0.4, 0.5) is 0 Å². The van der Waals surface area contributed by atoms with E-state index in [9.17, 15) is 0 Å². The molecule has 3 rings (SSSR count). The van der Waals surface area contributed by atoms with Gasteiger partial charge in [0.1, 0.15) is 0 Å². The van der Waals surface area contributed by atoms with Crippen LogP contribution in [-0.2, 0) is 0 Å². The molecule has 0 saturated heterocycles. The zero-order valence-corrected chi connectivity index (χ0v) is 11.2. The van der Waals surface area contributed by atoms with Crippen molar-refractivity contribution >= 4 is 10.8 Å². The number of aryl methyl sites for hydroxylation is 1. The average Bonchev–Trinajstić information content (AvgIpc) is 3.21. The SMILES string of the molecule is CCNC(c1c(C)ccc2ccccc12)C1CC1. The standard InChI is InChI=1S/C17H21N/c1-3-18-17(14-10-11-14)16-12(2)8-9-13-6-4-5-7-15(13)16/h4-9,14,17-18H,3,10-11H2,1-2H3. The molecule has 94 valence electrons. The van der Waals surface area contributed by atoms with E-state index in [1.165, 1.54) is 34.7 Å². The minimum Gasteiger partial charge on any atom is -0.310 e. The molecule has 0 radical (unpaired) electrons. The van der Waals surface area contributed by atoms with Crippen molar-refractivity contribution in [2.24, 2.45) is 5.92 Å². The van der Waals surface area contributed by atoms with Crippen molar-refractivity contribution in [3.8, 4) is 0 Å². The predicted molar refractivity (Wildman–Crippen MR) is 77.8 cm³/mol. The first kappa shape index (κ1) is 11.7. The number of rotatable bonds is 4. The third-order valence-electron chi connectivity index (χ3n) is 4.02. The van der Waals surface area contributed by atoms with Gasteiger partial charge in [0, 0.05) is 6.04 Å². The van der Waals surface area contributed by atoms with Gasteiger partial charge in [-0.25, -0.2) is 0 Å². The third kappa shape index (κ3) is 2.04. The van der Waals surface area contributed by atoms with Crippen molar-refractivity contribution in [3.63, 3.8) is 0 Å². The fourth-order valence-electron chi connectivity index (χ4n) is 2.97. The summed E-state index contributed by atoms with van der Waals surface area (Å²) in [6.45, 7) is 5.49. The van der Waals surface area contributed by atoms with Crippen LogP contribution in [-0.4, -0.2) is 6.54 Å². The van der Waals surface area contributed by atoms with Gasteiger partial charge in [-0.1, -0.05) is 43.3 Å². The van der Waals surface area contributed by atoms with Crippen LogP contribution in [0.15, 0.2) is 36.4 Å². The monoisotopic (exact) mass is 239 g/mol. The maximum Gasteiger partial charge on any atom is 0.0357 e. The molecule has 1 aliphatic rings. The molecule has 1 N–H and O–H groups in total. The molecule has 0 aromatic heterocycles. The zero-order chi connectivity index (χ0) is 12.5. The van der Waals surface area contributed by atoms with Crippen LogP contribution in [0, 0.1) is 12.8 Å². The zero-order valence-electron chi connectivity index (χ0n) is 11.2. The van der Waals surface area contributed by atoms with E-state index in [0.29, 0.717) is 6.04 Å². The van der Waals surface area contributed by atoms with E-state index in [-0.39, 0.29) is 0 Å². The van der Waals surface area contributed by atoms with Gasteiger partial charge < -0.3 is 5.32 Å². The van der Waals surface area contributed by atoms with E-state index in [0.717, 1.165) is 12.5 Å². The number of hydrogen-bond acceptors (Lipinski definition) is 1. The summed E-state index contributed by atoms with van der Waals surface area (Å²) in [6, 6.07) is 13.8. The molecule has 0 spiro atoms. The Morgan fingerprint density at radius 3 is 2.67 bits per heavy atom. The van der Waals surface area contributed by atoms with Crippen LogP contribution in [0.5, 0.6) is 0 Å². The number of fused-ring (bicyclic) bond motifs is 1. The first-order chi connectivity index (χ1) is 8.81. The van der Waals surface area contributed by atoms with Gasteiger partial charge in [0.2, 0.25) is 0 Å². The van der Waals surface area contributed by atoms with E-state index in [4.69, 9.17) is 0 Å². The van der Waals surface area contributed by atoms with Gasteiger partial charge >= 0.3 is 0 Å². The summed E-state index contributed by atoms with van der Waals surface area (Å²) in [5.41, 5.74) is 2.95. The molecular formula is C17H21N. The van der Waals surface area contributed by atoms with Crippen LogP contribution in [0.2, 0.25) is 0 Å². The molecule has 0 aliphatic heterocycles. The van der Waals surface area contributed by atoms with E-state index in [2.05, 4.69) is 55.6 Å². The summed E-state index contributed by atoms with van der Waals surface area (Å²) in [7, 11) is 0. The Labute approximate surface area is 109 Å². The van der Waals surface area contributed by atoms with Crippen molar-refractivity contribution in [2.45, 2.75) is 32.7 Å². The Balaban J connectivity index is 2.15. The Bertz CT molecular complexity index is 555. The average molecular weight is 239 g/mol. The lowest BCUT2D eigenvalue weighted by Crippen LogP contribution is -2.23. The van der Waals surface area contributed by atoms with Crippen LogP contribution in [0.3, 0.4) is 0 Å². The molecule has 1 atom stereocenters. The maximum absolute atomic E-state index is 3.69. The first-order valence-corrected chi connectivity index (χ1v) is 7.03. The summed E-state index contributed by atoms with van der Waals surface area (Å²) in [6.07, 6.45) is 2.75. The van der Waals surface area contributed by atoms with Gasteiger partial charge in [0.05, 0.1) is 0 Å². The summed E-state index contributed by atoms with van der Waals surface area (Å²) >= 11 is 0. The lowest BCUT2D eigenvalue weighted by Gasteiger charge is -2.22. The number of nitrogens with one attached hydrogen (secondary N) is 1. The molecule has 0 amide bonds. The van der Waals surface area contributed by atoms with Crippen LogP contribution >= 0.6 is 0 Å². The Morgan fingerprint density at radius 1 is 1.17 bits per heavy atom. The molecule has 1 saturated carbocycles. The third-order valence-corrected chi connectivity index (χ3v) is 4.02. The fraction of sp³-hybridized carbons (Fsp3) is 0.412. The van der Waals surface area contributed by atoms with Crippen molar-refractivity contribution in [1.29, 1.82) is 0 Å². The van der Waals surface area contributed by atoms with Gasteiger partial charge in [-0.15, -0.1) is 0 Å². The summed E-state index contributed by atoms with van der Waals surface area (Å²) in [5.74, 6) is 0.842. The highest BCUT2D eigenvalue weighted by molar-refractivity contribution is 5.87. The molecular weight excluding hydrogens is 218 g/mol. The second kappa shape index (κ2) is 4.74. The quantitative estimate of drug-likeness (QED) is 0.842. The second-order valence-corrected chi connectivity index (χ2v) is 5.39. The number of hydrogen-bond donors (Lipinski definition) is 1. The summed E-state index contributed by atoms with van der Waals surface area (Å²) in [5, 5.41) is 6.48. The van der Waals surface area contributed by atoms with Crippen LogP contribution < -0.4 is 5.32 Å². The molecule has 1 unspecified atom stereocenters. The highest BCUT2D eigenvalue weighted by Gasteiger charge is 2.33. The Kier molecular flexibility index (Phi) is 3.09. The van der Waals surface area contributed by atoms with E-state index < -0.39 is 0 Å². The molecule has 18 heavy (non-hydrogen) atoms. The molecule has 1 nitrogen and oxygen atoms in total. The minimum atomic E-state index is 0.543. The summed E-state index contributed by atoms with van der Waals surface area (Å²) in [4.78, 5) is 0. The van der Waals surface area contributed by atoms with Gasteiger partial charge in [-0.2, -0.15) is 0 Å². The predicted octanol–water partition coefficient (Wildman–Crippen LogP) is 4.21. The van der Waals surface area contributed by atoms with E-state index >= 15 is 0 Å². The van der Waals surface area contributed by atoms with Crippen molar-refractivity contribution < 1.29 is 0 Å². The maximum atomic E-state index is 3.69. The highest BCUT2D eigenvalue weighted by atomic mass is 14.9. The lowest BCUT2D eigenvalue weighted by molar-refractivity contribution is 0.497. The highest BCUT2D eigenvalue weighted by Crippen LogP contribution is 2.43. The van der Waals surface area contributed by atoms with Gasteiger partial charge in [-0.3, -0.25) is 0 Å². The lowest BCUT2D eigenvalue weighted by atomic mass is 9.91. The largest absolute Gasteiger partial charge is 0.310 e. The van der Waals surface area contributed by atoms with Gasteiger partial charge in [-0.05, 0) is 54.1 Å². The number of benzene rings is 2. The smallest absolute Gasteiger partial charge is 0.0357 e. The molecule has 1 fully saturated rings.